The number of halogens is 1. The van der Waals surface area contributed by atoms with Gasteiger partial charge in [-0.1, -0.05) is 12.1 Å². The minimum absolute atomic E-state index is 0.0669. The van der Waals surface area contributed by atoms with Crippen LogP contribution in [0.5, 0.6) is 0 Å². The zero-order valence-corrected chi connectivity index (χ0v) is 7.38. The summed E-state index contributed by atoms with van der Waals surface area (Å²) >= 11 is 0. The predicted molar refractivity (Wildman–Crippen MR) is 46.4 cm³/mol. The molecule has 0 N–H and O–H groups in total. The third-order valence-corrected chi connectivity index (χ3v) is 1.66. The second kappa shape index (κ2) is 4.58. The lowest BCUT2D eigenvalue weighted by Crippen LogP contribution is -1.97. The maximum Gasteiger partial charge on any atom is 0.146 e. The van der Waals surface area contributed by atoms with Gasteiger partial charge in [0, 0.05) is 12.2 Å². The van der Waals surface area contributed by atoms with Crippen molar-refractivity contribution in [1.29, 1.82) is 5.26 Å². The van der Waals surface area contributed by atoms with Gasteiger partial charge in [0.1, 0.15) is 11.9 Å². The first-order chi connectivity index (χ1) is 6.29. The second-order valence-corrected chi connectivity index (χ2v) is 2.53. The van der Waals surface area contributed by atoms with Crippen molar-refractivity contribution >= 4 is 0 Å². The lowest BCUT2D eigenvalue weighted by atomic mass is 10.1. The summed E-state index contributed by atoms with van der Waals surface area (Å²) < 4.78 is 18.3. The van der Waals surface area contributed by atoms with Gasteiger partial charge >= 0.3 is 0 Å². The molecule has 0 aliphatic carbocycles. The van der Waals surface area contributed by atoms with Gasteiger partial charge in [-0.15, -0.1) is 0 Å². The van der Waals surface area contributed by atoms with Crippen LogP contribution in [0, 0.1) is 17.1 Å². The van der Waals surface area contributed by atoms with E-state index in [0.29, 0.717) is 12.2 Å². The number of ether oxygens (including phenoxy) is 1. The molecule has 0 spiro atoms. The second-order valence-electron chi connectivity index (χ2n) is 2.53. The summed E-state index contributed by atoms with van der Waals surface area (Å²) in [4.78, 5) is 0. The molecule has 1 rings (SSSR count). The maximum atomic E-state index is 13.3. The van der Waals surface area contributed by atoms with Gasteiger partial charge in [-0.05, 0) is 13.0 Å². The number of nitrogens with zero attached hydrogens (tertiary/aromatic N) is 1. The van der Waals surface area contributed by atoms with E-state index < -0.39 is 5.82 Å². The van der Waals surface area contributed by atoms with Gasteiger partial charge in [0.2, 0.25) is 0 Å². The standard InChI is InChI=1S/C10H10FNO/c1-2-13-7-9-5-3-4-8(6-12)10(9)11/h3-5H,2,7H2,1H3. The minimum atomic E-state index is -0.474. The molecule has 0 unspecified atom stereocenters. The Morgan fingerprint density at radius 1 is 1.54 bits per heavy atom. The van der Waals surface area contributed by atoms with Crippen LogP contribution < -0.4 is 0 Å². The van der Waals surface area contributed by atoms with E-state index in [1.165, 1.54) is 6.07 Å². The van der Waals surface area contributed by atoms with E-state index in [1.54, 1.807) is 18.2 Å². The highest BCUT2D eigenvalue weighted by atomic mass is 19.1. The molecule has 0 aromatic heterocycles. The van der Waals surface area contributed by atoms with Crippen LogP contribution in [0.25, 0.3) is 0 Å². The molecule has 68 valence electrons. The molecule has 1 aromatic rings. The number of hydrogen-bond acceptors (Lipinski definition) is 2. The molecule has 0 radical (unpaired) electrons. The quantitative estimate of drug-likeness (QED) is 0.712. The lowest BCUT2D eigenvalue weighted by Gasteiger charge is -2.03. The Morgan fingerprint density at radius 3 is 2.92 bits per heavy atom. The van der Waals surface area contributed by atoms with Gasteiger partial charge in [-0.2, -0.15) is 5.26 Å². The summed E-state index contributed by atoms with van der Waals surface area (Å²) in [7, 11) is 0. The van der Waals surface area contributed by atoms with Crippen molar-refractivity contribution in [1.82, 2.24) is 0 Å². The first-order valence-electron chi connectivity index (χ1n) is 4.04. The monoisotopic (exact) mass is 179 g/mol. The van der Waals surface area contributed by atoms with E-state index in [-0.39, 0.29) is 12.2 Å². The molecule has 0 bridgehead atoms. The molecule has 3 heteroatoms. The highest BCUT2D eigenvalue weighted by molar-refractivity contribution is 5.34. The molecule has 0 heterocycles. The Kier molecular flexibility index (Phi) is 3.41. The minimum Gasteiger partial charge on any atom is -0.377 e. The first-order valence-corrected chi connectivity index (χ1v) is 4.04. The van der Waals surface area contributed by atoms with Gasteiger partial charge in [-0.25, -0.2) is 4.39 Å². The van der Waals surface area contributed by atoms with Crippen LogP contribution >= 0.6 is 0 Å². The first kappa shape index (κ1) is 9.69. The van der Waals surface area contributed by atoms with Crippen molar-refractivity contribution in [3.63, 3.8) is 0 Å². The van der Waals surface area contributed by atoms with Crippen LogP contribution in [0.3, 0.4) is 0 Å². The largest absolute Gasteiger partial charge is 0.377 e. The van der Waals surface area contributed by atoms with Gasteiger partial charge in [0.25, 0.3) is 0 Å². The Morgan fingerprint density at radius 2 is 2.31 bits per heavy atom. The predicted octanol–water partition coefficient (Wildman–Crippen LogP) is 2.23. The summed E-state index contributed by atoms with van der Waals surface area (Å²) in [5.74, 6) is -0.474. The zero-order chi connectivity index (χ0) is 9.68. The lowest BCUT2D eigenvalue weighted by molar-refractivity contribution is 0.131. The normalized spacial score (nSPS) is 9.62. The number of nitriles is 1. The fraction of sp³-hybridized carbons (Fsp3) is 0.300. The van der Waals surface area contributed by atoms with Crippen molar-refractivity contribution in [3.8, 4) is 6.07 Å². The van der Waals surface area contributed by atoms with E-state index in [0.717, 1.165) is 0 Å². The summed E-state index contributed by atoms with van der Waals surface area (Å²) in [6.07, 6.45) is 0. The highest BCUT2D eigenvalue weighted by Gasteiger charge is 2.06. The molecule has 0 saturated heterocycles. The summed E-state index contributed by atoms with van der Waals surface area (Å²) in [6, 6.07) is 6.50. The SMILES string of the molecule is CCOCc1cccc(C#N)c1F. The Balaban J connectivity index is 2.90. The molecule has 2 nitrogen and oxygen atoms in total. The van der Waals surface area contributed by atoms with E-state index in [2.05, 4.69) is 0 Å². The van der Waals surface area contributed by atoms with Gasteiger partial charge in [0.05, 0.1) is 12.2 Å². The molecule has 0 fully saturated rings. The number of rotatable bonds is 3. The van der Waals surface area contributed by atoms with Crippen LogP contribution in [-0.2, 0) is 11.3 Å². The van der Waals surface area contributed by atoms with Crippen LogP contribution in [0.1, 0.15) is 18.1 Å². The Labute approximate surface area is 76.6 Å². The average molecular weight is 179 g/mol. The van der Waals surface area contributed by atoms with Crippen molar-refractivity contribution < 1.29 is 9.13 Å². The summed E-state index contributed by atoms with van der Waals surface area (Å²) in [5.41, 5.74) is 0.498. The van der Waals surface area contributed by atoms with E-state index in [9.17, 15) is 4.39 Å². The molecule has 13 heavy (non-hydrogen) atoms. The zero-order valence-electron chi connectivity index (χ0n) is 7.38. The van der Waals surface area contributed by atoms with E-state index in [1.807, 2.05) is 6.92 Å². The topological polar surface area (TPSA) is 33.0 Å². The van der Waals surface area contributed by atoms with Crippen molar-refractivity contribution in [2.45, 2.75) is 13.5 Å². The van der Waals surface area contributed by atoms with Crippen molar-refractivity contribution in [3.05, 3.63) is 35.1 Å². The van der Waals surface area contributed by atoms with Crippen LogP contribution in [0.2, 0.25) is 0 Å². The third kappa shape index (κ3) is 2.27. The smallest absolute Gasteiger partial charge is 0.146 e. The summed E-state index contributed by atoms with van der Waals surface area (Å²) in [6.45, 7) is 2.60. The van der Waals surface area contributed by atoms with Gasteiger partial charge in [-0.3, -0.25) is 0 Å². The molecule has 0 amide bonds. The highest BCUT2D eigenvalue weighted by Crippen LogP contribution is 2.12. The molecule has 0 atom stereocenters. The Bertz CT molecular complexity index is 330. The van der Waals surface area contributed by atoms with Crippen molar-refractivity contribution in [2.75, 3.05) is 6.61 Å². The van der Waals surface area contributed by atoms with Gasteiger partial charge < -0.3 is 4.74 Å². The van der Waals surface area contributed by atoms with Crippen molar-refractivity contribution in [2.24, 2.45) is 0 Å². The third-order valence-electron chi connectivity index (χ3n) is 1.66. The summed E-state index contributed by atoms with van der Waals surface area (Å²) in [5, 5.41) is 8.54. The molecular weight excluding hydrogens is 169 g/mol. The van der Waals surface area contributed by atoms with Crippen LogP contribution in [0.15, 0.2) is 18.2 Å². The van der Waals surface area contributed by atoms with E-state index >= 15 is 0 Å². The molecular formula is C10H10FNO. The van der Waals surface area contributed by atoms with E-state index in [4.69, 9.17) is 10.00 Å². The number of benzene rings is 1. The fourth-order valence-electron chi connectivity index (χ4n) is 0.990. The Hall–Kier alpha value is -1.40. The van der Waals surface area contributed by atoms with Gasteiger partial charge in [0.15, 0.2) is 0 Å². The molecule has 0 saturated carbocycles. The average Bonchev–Trinajstić information content (AvgIpc) is 2.16. The molecule has 1 aromatic carbocycles. The maximum absolute atomic E-state index is 13.3. The van der Waals surface area contributed by atoms with Crippen LogP contribution in [0.4, 0.5) is 4.39 Å². The fourth-order valence-corrected chi connectivity index (χ4v) is 0.990. The number of hydrogen-bond donors (Lipinski definition) is 0. The van der Waals surface area contributed by atoms with Crippen LogP contribution in [-0.4, -0.2) is 6.61 Å². The molecule has 0 aliphatic rings. The molecule has 0 aliphatic heterocycles.